The highest BCUT2D eigenvalue weighted by atomic mass is 32.2. The number of hydrogen-bond acceptors (Lipinski definition) is 11. The molecule has 0 fully saturated rings. The molecular weight excluding hydrogens is 745 g/mol. The summed E-state index contributed by atoms with van der Waals surface area (Å²) in [5.74, 6) is -0.729. The first kappa shape index (κ1) is 40.9. The molecule has 0 bridgehead atoms. The summed E-state index contributed by atoms with van der Waals surface area (Å²) in [6.45, 7) is 8.81. The van der Waals surface area contributed by atoms with Gasteiger partial charge in [-0.1, -0.05) is 37.1 Å². The minimum absolute atomic E-state index is 0.214. The molecule has 51 heavy (non-hydrogen) atoms. The third-order valence-electron chi connectivity index (χ3n) is 8.98. The van der Waals surface area contributed by atoms with Gasteiger partial charge < -0.3 is 4.90 Å². The zero-order valence-electron chi connectivity index (χ0n) is 28.6. The number of hydrogen-bond donors (Lipinski definition) is 4. The molecule has 0 unspecified atom stereocenters. The van der Waals surface area contributed by atoms with E-state index in [1.807, 2.05) is 75.1 Å². The lowest BCUT2D eigenvalue weighted by atomic mass is 9.81. The van der Waals surface area contributed by atoms with Crippen LogP contribution in [0.2, 0.25) is 0 Å². The Hall–Kier alpha value is -2.91. The quantitative estimate of drug-likeness (QED) is 0.0282. The largest absolute Gasteiger partial charge is 0.344 e. The van der Waals surface area contributed by atoms with Crippen molar-refractivity contribution in [3.63, 3.8) is 0 Å². The molecule has 2 aliphatic heterocycles. The third kappa shape index (κ3) is 10.2. The lowest BCUT2D eigenvalue weighted by molar-refractivity contribution is -0.438. The highest BCUT2D eigenvalue weighted by molar-refractivity contribution is 7.94. The van der Waals surface area contributed by atoms with Gasteiger partial charge in [-0.25, -0.2) is 5.26 Å². The molecule has 0 spiro atoms. The van der Waals surface area contributed by atoms with E-state index in [1.165, 1.54) is 12.1 Å². The van der Waals surface area contributed by atoms with E-state index < -0.39 is 41.2 Å². The van der Waals surface area contributed by atoms with Crippen LogP contribution in [0.1, 0.15) is 64.5 Å². The number of unbranched alkanes of at least 4 members (excludes halogenated alkanes) is 2. The van der Waals surface area contributed by atoms with Crippen LogP contribution in [0.3, 0.4) is 0 Å². The zero-order valence-corrected chi connectivity index (χ0v) is 31.9. The van der Waals surface area contributed by atoms with Gasteiger partial charge in [0.25, 0.3) is 30.4 Å². The van der Waals surface area contributed by atoms with Crippen molar-refractivity contribution in [3.8, 4) is 0 Å². The fraction of sp³-hybridized carbons (Fsp3) is 0.424. The van der Waals surface area contributed by atoms with Crippen molar-refractivity contribution in [2.45, 2.75) is 74.0 Å². The number of fused-ring (bicyclic) bond motifs is 2. The van der Waals surface area contributed by atoms with E-state index in [9.17, 15) is 38.9 Å². The molecule has 0 aromatic heterocycles. The summed E-state index contributed by atoms with van der Waals surface area (Å²) in [4.78, 5) is 2.42. The summed E-state index contributed by atoms with van der Waals surface area (Å²) in [5.41, 5.74) is 3.79. The van der Waals surface area contributed by atoms with Crippen LogP contribution in [0.4, 0.5) is 11.4 Å². The molecular formula is C33H43N2O12S4+. The first-order valence-electron chi connectivity index (χ1n) is 16.0. The molecule has 0 saturated carbocycles. The molecule has 2 aliphatic rings. The fourth-order valence-electron chi connectivity index (χ4n) is 6.52. The second-order valence-electron chi connectivity index (χ2n) is 13.3. The van der Waals surface area contributed by atoms with E-state index in [0.717, 1.165) is 34.7 Å². The topological polar surface area (TPSA) is 208 Å². The minimum Gasteiger partial charge on any atom is -0.344 e. The van der Waals surface area contributed by atoms with Gasteiger partial charge in [0.2, 0.25) is 5.69 Å². The molecule has 4 N–H and O–H groups in total. The summed E-state index contributed by atoms with van der Waals surface area (Å²) in [6, 6.07) is 10.00. The van der Waals surface area contributed by atoms with Gasteiger partial charge in [-0.15, -0.1) is 4.33 Å². The lowest BCUT2D eigenvalue weighted by Crippen LogP contribution is -2.28. The van der Waals surface area contributed by atoms with Crippen molar-refractivity contribution in [2.24, 2.45) is 0 Å². The number of allylic oxidation sites excluding steroid dienone is 6. The summed E-state index contributed by atoms with van der Waals surface area (Å²) in [7, 11) is -12.7. The Morgan fingerprint density at radius 3 is 2.10 bits per heavy atom. The van der Waals surface area contributed by atoms with E-state index >= 15 is 0 Å². The van der Waals surface area contributed by atoms with Crippen LogP contribution in [-0.2, 0) is 50.6 Å². The Labute approximate surface area is 303 Å². The molecule has 0 saturated heterocycles. The standard InChI is InChI=1S/C33H42N2O12S4/c1-32(2)26-22-24(48-47-46-36)14-16-28(26)34(18-8-10-20-49(37,38)39)30(32)12-6-5-7-13-31-33(3,4)27-23-25(51(43,44)45)15-17-29(27)35(31)19-9-11-21-50(40,41)42/h5-7,12-17,22-23H,8-11,18-21H2,1-4H3,(H3-,36,37,38,39,40,41,42,43,44,45)/p+1. The molecule has 0 aliphatic carbocycles. The Morgan fingerprint density at radius 2 is 1.47 bits per heavy atom. The van der Waals surface area contributed by atoms with Crippen LogP contribution in [0.15, 0.2) is 82.3 Å². The van der Waals surface area contributed by atoms with Crippen molar-refractivity contribution in [3.05, 3.63) is 83.6 Å². The van der Waals surface area contributed by atoms with Crippen LogP contribution in [-0.4, -0.2) is 79.1 Å². The zero-order chi connectivity index (χ0) is 37.8. The summed E-state index contributed by atoms with van der Waals surface area (Å²) in [6.07, 6.45) is 10.8. The van der Waals surface area contributed by atoms with Gasteiger partial charge >= 0.3 is 0 Å². The lowest BCUT2D eigenvalue weighted by Gasteiger charge is -2.27. The minimum atomic E-state index is -4.46. The molecule has 2 heterocycles. The average molecular weight is 788 g/mol. The Balaban J connectivity index is 1.66. The Morgan fingerprint density at radius 1 is 0.804 bits per heavy atom. The summed E-state index contributed by atoms with van der Waals surface area (Å²) < 4.78 is 104. The number of rotatable bonds is 17. The van der Waals surface area contributed by atoms with E-state index in [4.69, 9.17) is 5.26 Å². The van der Waals surface area contributed by atoms with Gasteiger partial charge in [-0.3, -0.25) is 13.7 Å². The average Bonchev–Trinajstić information content (AvgIpc) is 3.36. The van der Waals surface area contributed by atoms with E-state index in [-0.39, 0.29) is 29.2 Å². The second-order valence-corrected chi connectivity index (χ2v) is 18.6. The second kappa shape index (κ2) is 16.0. The smallest absolute Gasteiger partial charge is 0.294 e. The molecule has 14 nitrogen and oxygen atoms in total. The van der Waals surface area contributed by atoms with Crippen LogP contribution >= 0.6 is 12.0 Å². The van der Waals surface area contributed by atoms with Crippen molar-refractivity contribution < 1.29 is 58.1 Å². The molecule has 2 aromatic rings. The number of anilines is 1. The highest BCUT2D eigenvalue weighted by Gasteiger charge is 2.44. The number of benzene rings is 2. The van der Waals surface area contributed by atoms with Gasteiger partial charge in [-0.2, -0.15) is 29.8 Å². The van der Waals surface area contributed by atoms with Crippen molar-refractivity contribution in [2.75, 3.05) is 29.5 Å². The molecule has 18 heteroatoms. The van der Waals surface area contributed by atoms with Crippen LogP contribution < -0.4 is 4.90 Å². The molecule has 0 radical (unpaired) electrons. The number of nitrogens with zero attached hydrogens (tertiary/aromatic N) is 2. The maximum Gasteiger partial charge on any atom is 0.294 e. The molecule has 280 valence electrons. The van der Waals surface area contributed by atoms with Gasteiger partial charge in [0.1, 0.15) is 6.54 Å². The van der Waals surface area contributed by atoms with Gasteiger partial charge in [0.05, 0.1) is 33.9 Å². The van der Waals surface area contributed by atoms with E-state index in [0.29, 0.717) is 42.1 Å². The van der Waals surface area contributed by atoms with E-state index in [1.54, 1.807) is 12.1 Å². The Kier molecular flexibility index (Phi) is 12.8. The summed E-state index contributed by atoms with van der Waals surface area (Å²) in [5, 5.41) is 12.3. The van der Waals surface area contributed by atoms with Gasteiger partial charge in [0, 0.05) is 52.4 Å². The first-order chi connectivity index (χ1) is 23.7. The van der Waals surface area contributed by atoms with Crippen molar-refractivity contribution in [1.29, 1.82) is 0 Å². The SMILES string of the molecule is CC1(C)C(=CC=CC=CC2=[N+](CCCCS(=O)(=O)O)c3ccc(SOOO)cc3C2(C)C)N(CCCCS(=O)(=O)O)c2ccc(S(=O)(=O)O)cc21. The van der Waals surface area contributed by atoms with Gasteiger partial charge in [0.15, 0.2) is 5.71 Å². The predicted molar refractivity (Wildman–Crippen MR) is 194 cm³/mol. The third-order valence-corrected chi connectivity index (χ3v) is 12.0. The fourth-order valence-corrected chi connectivity index (χ4v) is 8.57. The predicted octanol–water partition coefficient (Wildman–Crippen LogP) is 5.87. The maximum absolute atomic E-state index is 11.9. The van der Waals surface area contributed by atoms with Crippen molar-refractivity contribution >= 4 is 59.5 Å². The van der Waals surface area contributed by atoms with Crippen LogP contribution in [0.25, 0.3) is 0 Å². The molecule has 0 atom stereocenters. The molecule has 4 rings (SSSR count). The molecule has 0 amide bonds. The molecule has 2 aromatic carbocycles. The van der Waals surface area contributed by atoms with E-state index in [2.05, 4.69) is 13.9 Å². The van der Waals surface area contributed by atoms with Crippen molar-refractivity contribution in [1.82, 2.24) is 0 Å². The van der Waals surface area contributed by atoms with Gasteiger partial charge in [-0.05, 0) is 75.1 Å². The Bertz CT molecular complexity index is 2090. The normalized spacial score (nSPS) is 18.0. The highest BCUT2D eigenvalue weighted by Crippen LogP contribution is 2.48. The monoisotopic (exact) mass is 787 g/mol. The summed E-state index contributed by atoms with van der Waals surface area (Å²) >= 11 is 0.841. The maximum atomic E-state index is 11.9. The van der Waals surface area contributed by atoms with Crippen LogP contribution in [0, 0.1) is 0 Å². The van der Waals surface area contributed by atoms with Crippen LogP contribution in [0.5, 0.6) is 0 Å². The first-order valence-corrected chi connectivity index (χ1v) is 21.4.